The summed E-state index contributed by atoms with van der Waals surface area (Å²) in [5, 5.41) is 0. The van der Waals surface area contributed by atoms with Gasteiger partial charge in [-0.25, -0.2) is 0 Å². The number of hydrogen-bond acceptors (Lipinski definition) is 5. The van der Waals surface area contributed by atoms with Crippen LogP contribution in [0.2, 0.25) is 0 Å². The molecule has 112 valence electrons. The van der Waals surface area contributed by atoms with Gasteiger partial charge in [0.25, 0.3) is 0 Å². The molecule has 1 atom stereocenters. The zero-order chi connectivity index (χ0) is 15.1. The summed E-state index contributed by atoms with van der Waals surface area (Å²) >= 11 is 0. The van der Waals surface area contributed by atoms with E-state index in [0.29, 0.717) is 12.2 Å². The van der Waals surface area contributed by atoms with Gasteiger partial charge in [0, 0.05) is 0 Å². The Kier molecular flexibility index (Phi) is 6.17. The Morgan fingerprint density at radius 2 is 2.05 bits per heavy atom. The second-order valence-corrected chi connectivity index (χ2v) is 3.93. The van der Waals surface area contributed by atoms with Crippen LogP contribution >= 0.6 is 0 Å². The summed E-state index contributed by atoms with van der Waals surface area (Å²) < 4.78 is 38.6. The van der Waals surface area contributed by atoms with Gasteiger partial charge in [0.2, 0.25) is 0 Å². The van der Waals surface area contributed by atoms with E-state index in [9.17, 15) is 13.6 Å². The first-order chi connectivity index (χ1) is 9.47. The van der Waals surface area contributed by atoms with Crippen molar-refractivity contribution in [2.45, 2.75) is 26.0 Å². The number of alkyl halides is 2. The molecule has 0 saturated carbocycles. The van der Waals surface area contributed by atoms with Gasteiger partial charge < -0.3 is 19.9 Å². The fourth-order valence-electron chi connectivity index (χ4n) is 1.63. The number of carbonyl (C=O) groups is 1. The van der Waals surface area contributed by atoms with Crippen LogP contribution in [0, 0.1) is 0 Å². The van der Waals surface area contributed by atoms with Gasteiger partial charge in [-0.05, 0) is 31.0 Å². The molecule has 0 aliphatic rings. The Hall–Kier alpha value is -1.89. The zero-order valence-corrected chi connectivity index (χ0v) is 11.3. The fraction of sp³-hybridized carbons (Fsp3) is 0.462. The molecule has 7 heteroatoms. The summed E-state index contributed by atoms with van der Waals surface area (Å²) in [6.45, 7) is -0.914. The van der Waals surface area contributed by atoms with Gasteiger partial charge in [0.05, 0.1) is 13.7 Å². The van der Waals surface area contributed by atoms with Crippen LogP contribution in [0.1, 0.15) is 12.5 Å². The van der Waals surface area contributed by atoms with Crippen LogP contribution in [-0.4, -0.2) is 32.3 Å². The van der Waals surface area contributed by atoms with Gasteiger partial charge >= 0.3 is 12.6 Å². The van der Waals surface area contributed by atoms with Gasteiger partial charge in [-0.3, -0.25) is 4.79 Å². The normalized spacial score (nSPS) is 12.1. The number of esters is 1. The minimum Gasteiger partial charge on any atom is -0.490 e. The average Bonchev–Trinajstić information content (AvgIpc) is 2.40. The lowest BCUT2D eigenvalue weighted by molar-refractivity contribution is -0.142. The number of rotatable bonds is 7. The number of carbonyl (C=O) groups excluding carboxylic acids is 1. The van der Waals surface area contributed by atoms with Crippen LogP contribution in [0.4, 0.5) is 8.78 Å². The first-order valence-electron chi connectivity index (χ1n) is 6.01. The third-order valence-corrected chi connectivity index (χ3v) is 2.48. The minimum atomic E-state index is -2.93. The quantitative estimate of drug-likeness (QED) is 0.774. The predicted molar refractivity (Wildman–Crippen MR) is 67.9 cm³/mol. The average molecular weight is 289 g/mol. The smallest absolute Gasteiger partial charge is 0.387 e. The minimum absolute atomic E-state index is 0.0581. The second kappa shape index (κ2) is 7.64. The third-order valence-electron chi connectivity index (χ3n) is 2.48. The SMILES string of the molecule is CCOc1cc(CC(N)C(=O)OC)ccc1OC(F)F. The van der Waals surface area contributed by atoms with E-state index in [0.717, 1.165) is 0 Å². The molecule has 20 heavy (non-hydrogen) atoms. The molecule has 0 aromatic heterocycles. The highest BCUT2D eigenvalue weighted by Gasteiger charge is 2.17. The van der Waals surface area contributed by atoms with Crippen molar-refractivity contribution >= 4 is 5.97 Å². The third kappa shape index (κ3) is 4.65. The van der Waals surface area contributed by atoms with Crippen LogP contribution in [0.3, 0.4) is 0 Å². The number of halogens is 2. The van der Waals surface area contributed by atoms with Crippen LogP contribution in [0.5, 0.6) is 11.5 Å². The van der Waals surface area contributed by atoms with Crippen molar-refractivity contribution in [1.82, 2.24) is 0 Å². The monoisotopic (exact) mass is 289 g/mol. The van der Waals surface area contributed by atoms with Gasteiger partial charge in [0.1, 0.15) is 6.04 Å². The second-order valence-electron chi connectivity index (χ2n) is 3.93. The lowest BCUT2D eigenvalue weighted by atomic mass is 10.1. The summed E-state index contributed by atoms with van der Waals surface area (Å²) in [5.41, 5.74) is 6.30. The van der Waals surface area contributed by atoms with E-state index in [2.05, 4.69) is 9.47 Å². The number of benzene rings is 1. The summed E-state index contributed by atoms with van der Waals surface area (Å²) in [6, 6.07) is 3.60. The Morgan fingerprint density at radius 3 is 2.60 bits per heavy atom. The largest absolute Gasteiger partial charge is 0.490 e. The Bertz CT molecular complexity index is 454. The molecule has 0 saturated heterocycles. The molecule has 0 bridgehead atoms. The molecule has 1 rings (SSSR count). The molecule has 2 N–H and O–H groups in total. The van der Waals surface area contributed by atoms with E-state index in [4.69, 9.17) is 10.5 Å². The number of nitrogens with two attached hydrogens (primary N) is 1. The summed E-state index contributed by atoms with van der Waals surface area (Å²) in [7, 11) is 1.24. The van der Waals surface area contributed by atoms with E-state index < -0.39 is 18.6 Å². The first-order valence-corrected chi connectivity index (χ1v) is 6.01. The number of methoxy groups -OCH3 is 1. The van der Waals surface area contributed by atoms with E-state index in [-0.39, 0.29) is 17.9 Å². The van der Waals surface area contributed by atoms with Crippen LogP contribution < -0.4 is 15.2 Å². The lowest BCUT2D eigenvalue weighted by Crippen LogP contribution is -2.33. The molecule has 0 radical (unpaired) electrons. The van der Waals surface area contributed by atoms with Crippen LogP contribution in [0.25, 0.3) is 0 Å². The van der Waals surface area contributed by atoms with Crippen molar-refractivity contribution < 1.29 is 27.8 Å². The van der Waals surface area contributed by atoms with Crippen molar-refractivity contribution in [1.29, 1.82) is 0 Å². The molecule has 5 nitrogen and oxygen atoms in total. The Labute approximate surface area is 115 Å². The molecule has 0 fully saturated rings. The van der Waals surface area contributed by atoms with Crippen molar-refractivity contribution in [2.24, 2.45) is 5.73 Å². The van der Waals surface area contributed by atoms with Gasteiger partial charge in [0.15, 0.2) is 11.5 Å². The molecular weight excluding hydrogens is 272 g/mol. The van der Waals surface area contributed by atoms with Gasteiger partial charge in [-0.15, -0.1) is 0 Å². The highest BCUT2D eigenvalue weighted by Crippen LogP contribution is 2.30. The maximum atomic E-state index is 12.2. The van der Waals surface area contributed by atoms with E-state index >= 15 is 0 Å². The summed E-state index contributed by atoms with van der Waals surface area (Å²) in [4.78, 5) is 11.2. The molecule has 0 aliphatic heterocycles. The molecule has 1 aromatic rings. The Morgan fingerprint density at radius 1 is 1.35 bits per heavy atom. The number of ether oxygens (including phenoxy) is 3. The first kappa shape index (κ1) is 16.2. The van der Waals surface area contributed by atoms with Crippen molar-refractivity contribution in [3.05, 3.63) is 23.8 Å². The van der Waals surface area contributed by atoms with Crippen molar-refractivity contribution in [3.8, 4) is 11.5 Å². The predicted octanol–water partition coefficient (Wildman–Crippen LogP) is 1.73. The highest BCUT2D eigenvalue weighted by molar-refractivity contribution is 5.75. The summed E-state index contributed by atoms with van der Waals surface area (Å²) in [6.07, 6.45) is 0.210. The molecule has 0 amide bonds. The standard InChI is InChI=1S/C13H17F2NO4/c1-3-19-11-7-8(6-9(16)12(17)18-2)4-5-10(11)20-13(14)15/h4-5,7,9,13H,3,6,16H2,1-2H3. The molecule has 0 spiro atoms. The Balaban J connectivity index is 2.89. The molecule has 0 heterocycles. The summed E-state index contributed by atoms with van der Waals surface area (Å²) in [5.74, 6) is -0.421. The van der Waals surface area contributed by atoms with Crippen LogP contribution in [0.15, 0.2) is 18.2 Å². The van der Waals surface area contributed by atoms with E-state index in [1.54, 1.807) is 13.0 Å². The highest BCUT2D eigenvalue weighted by atomic mass is 19.3. The van der Waals surface area contributed by atoms with Crippen molar-refractivity contribution in [2.75, 3.05) is 13.7 Å². The molecule has 1 aromatic carbocycles. The molecular formula is C13H17F2NO4. The van der Waals surface area contributed by atoms with E-state index in [1.165, 1.54) is 19.2 Å². The van der Waals surface area contributed by atoms with Gasteiger partial charge in [-0.2, -0.15) is 8.78 Å². The van der Waals surface area contributed by atoms with Crippen molar-refractivity contribution in [3.63, 3.8) is 0 Å². The molecule has 0 aliphatic carbocycles. The van der Waals surface area contributed by atoms with E-state index in [1.807, 2.05) is 0 Å². The van der Waals surface area contributed by atoms with Gasteiger partial charge in [-0.1, -0.05) is 6.07 Å². The lowest BCUT2D eigenvalue weighted by Gasteiger charge is -2.14. The topological polar surface area (TPSA) is 70.8 Å². The van der Waals surface area contributed by atoms with Crippen LogP contribution in [-0.2, 0) is 16.0 Å². The number of hydrogen-bond donors (Lipinski definition) is 1. The zero-order valence-electron chi connectivity index (χ0n) is 11.3. The molecule has 1 unspecified atom stereocenters. The maximum absolute atomic E-state index is 12.2. The maximum Gasteiger partial charge on any atom is 0.387 e. The fourth-order valence-corrected chi connectivity index (χ4v) is 1.63.